The zero-order valence-electron chi connectivity index (χ0n) is 11.4. The molecule has 0 saturated heterocycles. The van der Waals surface area contributed by atoms with E-state index >= 15 is 0 Å². The summed E-state index contributed by atoms with van der Waals surface area (Å²) in [7, 11) is 1.61. The van der Waals surface area contributed by atoms with Crippen molar-refractivity contribution >= 4 is 34.1 Å². The van der Waals surface area contributed by atoms with Gasteiger partial charge in [0.1, 0.15) is 16.8 Å². The SMILES string of the molecule is COCc1nc(Cl)cc(Sc2ccc3ccccc3c2)n1. The van der Waals surface area contributed by atoms with E-state index in [9.17, 15) is 0 Å². The molecular formula is C16H13ClN2OS. The number of methoxy groups -OCH3 is 1. The maximum absolute atomic E-state index is 6.03. The van der Waals surface area contributed by atoms with E-state index < -0.39 is 0 Å². The topological polar surface area (TPSA) is 35.0 Å². The first-order valence-electron chi connectivity index (χ1n) is 6.43. The van der Waals surface area contributed by atoms with Crippen molar-refractivity contribution in [2.24, 2.45) is 0 Å². The highest BCUT2D eigenvalue weighted by atomic mass is 35.5. The molecule has 2 aromatic carbocycles. The van der Waals surface area contributed by atoms with Gasteiger partial charge in [0.15, 0.2) is 5.82 Å². The van der Waals surface area contributed by atoms with Crippen LogP contribution in [-0.2, 0) is 11.3 Å². The third kappa shape index (κ3) is 3.53. The molecule has 0 saturated carbocycles. The molecule has 0 aliphatic carbocycles. The molecule has 0 bridgehead atoms. The van der Waals surface area contributed by atoms with Crippen LogP contribution in [0.1, 0.15) is 5.82 Å². The predicted molar refractivity (Wildman–Crippen MR) is 85.8 cm³/mol. The van der Waals surface area contributed by atoms with Gasteiger partial charge in [0, 0.05) is 18.1 Å². The van der Waals surface area contributed by atoms with Gasteiger partial charge >= 0.3 is 0 Å². The molecule has 0 aliphatic heterocycles. The molecule has 0 amide bonds. The summed E-state index contributed by atoms with van der Waals surface area (Å²) in [5.74, 6) is 0.591. The number of nitrogens with zero attached hydrogens (tertiary/aromatic N) is 2. The van der Waals surface area contributed by atoms with Crippen LogP contribution < -0.4 is 0 Å². The minimum atomic E-state index is 0.353. The third-order valence-electron chi connectivity index (χ3n) is 2.93. The Morgan fingerprint density at radius 2 is 1.86 bits per heavy atom. The predicted octanol–water partition coefficient (Wildman–Crippen LogP) is 4.58. The average molecular weight is 317 g/mol. The monoisotopic (exact) mass is 316 g/mol. The second-order valence-electron chi connectivity index (χ2n) is 4.49. The quantitative estimate of drug-likeness (QED) is 0.660. The van der Waals surface area contributed by atoms with Gasteiger partial charge in [0.05, 0.1) is 0 Å². The van der Waals surface area contributed by atoms with E-state index in [1.165, 1.54) is 10.8 Å². The Labute approximate surface area is 132 Å². The average Bonchev–Trinajstić information content (AvgIpc) is 2.47. The van der Waals surface area contributed by atoms with Crippen molar-refractivity contribution in [1.82, 2.24) is 9.97 Å². The van der Waals surface area contributed by atoms with E-state index in [2.05, 4.69) is 40.3 Å². The summed E-state index contributed by atoms with van der Waals surface area (Å²) in [5, 5.41) is 3.68. The smallest absolute Gasteiger partial charge is 0.156 e. The Balaban J connectivity index is 1.90. The molecule has 21 heavy (non-hydrogen) atoms. The molecule has 0 spiro atoms. The molecule has 0 radical (unpaired) electrons. The Morgan fingerprint density at radius 3 is 2.67 bits per heavy atom. The van der Waals surface area contributed by atoms with Crippen molar-refractivity contribution in [2.75, 3.05) is 7.11 Å². The number of hydrogen-bond donors (Lipinski definition) is 0. The lowest BCUT2D eigenvalue weighted by Gasteiger charge is -2.05. The summed E-state index contributed by atoms with van der Waals surface area (Å²) in [4.78, 5) is 9.69. The van der Waals surface area contributed by atoms with E-state index in [0.29, 0.717) is 17.6 Å². The molecule has 5 heteroatoms. The lowest BCUT2D eigenvalue weighted by molar-refractivity contribution is 0.177. The largest absolute Gasteiger partial charge is 0.377 e. The van der Waals surface area contributed by atoms with Gasteiger partial charge in [-0.2, -0.15) is 0 Å². The molecule has 1 heterocycles. The van der Waals surface area contributed by atoms with Gasteiger partial charge in [-0.3, -0.25) is 0 Å². The van der Waals surface area contributed by atoms with Gasteiger partial charge in [0.25, 0.3) is 0 Å². The molecule has 0 atom stereocenters. The summed E-state index contributed by atoms with van der Waals surface area (Å²) in [6.07, 6.45) is 0. The summed E-state index contributed by atoms with van der Waals surface area (Å²) >= 11 is 7.59. The molecule has 3 rings (SSSR count). The van der Waals surface area contributed by atoms with E-state index in [-0.39, 0.29) is 0 Å². The standard InChI is InChI=1S/C16H13ClN2OS/c1-20-10-15-18-14(17)9-16(19-15)21-13-7-6-11-4-2-3-5-12(11)8-13/h2-9H,10H2,1H3. The van der Waals surface area contributed by atoms with Gasteiger partial charge < -0.3 is 4.74 Å². The number of fused-ring (bicyclic) bond motifs is 1. The molecular weight excluding hydrogens is 304 g/mol. The highest BCUT2D eigenvalue weighted by Crippen LogP contribution is 2.30. The number of benzene rings is 2. The summed E-state index contributed by atoms with van der Waals surface area (Å²) in [5.41, 5.74) is 0. The number of aromatic nitrogens is 2. The van der Waals surface area contributed by atoms with Crippen LogP contribution >= 0.6 is 23.4 Å². The number of hydrogen-bond acceptors (Lipinski definition) is 4. The second-order valence-corrected chi connectivity index (χ2v) is 5.97. The molecule has 0 N–H and O–H groups in total. The van der Waals surface area contributed by atoms with Crippen molar-refractivity contribution in [1.29, 1.82) is 0 Å². The van der Waals surface area contributed by atoms with Crippen molar-refractivity contribution in [2.45, 2.75) is 16.5 Å². The van der Waals surface area contributed by atoms with Crippen LogP contribution in [0, 0.1) is 0 Å². The molecule has 0 aliphatic rings. The first kappa shape index (κ1) is 14.3. The Kier molecular flexibility index (Phi) is 4.39. The lowest BCUT2D eigenvalue weighted by atomic mass is 10.1. The Bertz CT molecular complexity index is 779. The summed E-state index contributed by atoms with van der Waals surface area (Å²) in [6, 6.07) is 16.4. The van der Waals surface area contributed by atoms with E-state index in [1.54, 1.807) is 24.9 Å². The van der Waals surface area contributed by atoms with Gasteiger partial charge in [-0.15, -0.1) is 0 Å². The fourth-order valence-corrected chi connectivity index (χ4v) is 3.19. The van der Waals surface area contributed by atoms with E-state index in [4.69, 9.17) is 16.3 Å². The van der Waals surface area contributed by atoms with Crippen LogP contribution in [0.3, 0.4) is 0 Å². The third-order valence-corrected chi connectivity index (χ3v) is 4.04. The summed E-state index contributed by atoms with van der Waals surface area (Å²) < 4.78 is 5.05. The van der Waals surface area contributed by atoms with Gasteiger partial charge in [-0.05, 0) is 22.9 Å². The molecule has 1 aromatic heterocycles. The van der Waals surface area contributed by atoms with Crippen LogP contribution in [0.2, 0.25) is 5.15 Å². The number of halogens is 1. The first-order valence-corrected chi connectivity index (χ1v) is 7.63. The Hall–Kier alpha value is -1.62. The first-order chi connectivity index (χ1) is 10.2. The normalized spacial score (nSPS) is 11.0. The number of ether oxygens (including phenoxy) is 1. The van der Waals surface area contributed by atoms with Crippen LogP contribution in [0.5, 0.6) is 0 Å². The van der Waals surface area contributed by atoms with Crippen molar-refractivity contribution < 1.29 is 4.74 Å². The number of rotatable bonds is 4. The Morgan fingerprint density at radius 1 is 1.05 bits per heavy atom. The lowest BCUT2D eigenvalue weighted by Crippen LogP contribution is -1.98. The zero-order valence-corrected chi connectivity index (χ0v) is 13.0. The summed E-state index contributed by atoms with van der Waals surface area (Å²) in [6.45, 7) is 0.353. The van der Waals surface area contributed by atoms with Crippen LogP contribution in [-0.4, -0.2) is 17.1 Å². The molecule has 0 unspecified atom stereocenters. The zero-order chi connectivity index (χ0) is 14.7. The highest BCUT2D eigenvalue weighted by Gasteiger charge is 2.06. The van der Waals surface area contributed by atoms with Gasteiger partial charge in [0.2, 0.25) is 0 Å². The molecule has 106 valence electrons. The van der Waals surface area contributed by atoms with Crippen LogP contribution in [0.4, 0.5) is 0 Å². The van der Waals surface area contributed by atoms with E-state index in [1.807, 2.05) is 12.1 Å². The fraction of sp³-hybridized carbons (Fsp3) is 0.125. The molecule has 0 fully saturated rings. The minimum Gasteiger partial charge on any atom is -0.377 e. The van der Waals surface area contributed by atoms with Crippen molar-refractivity contribution in [3.63, 3.8) is 0 Å². The van der Waals surface area contributed by atoms with Crippen LogP contribution in [0.25, 0.3) is 10.8 Å². The minimum absolute atomic E-state index is 0.353. The maximum atomic E-state index is 6.03. The van der Waals surface area contributed by atoms with Gasteiger partial charge in [-0.25, -0.2) is 9.97 Å². The van der Waals surface area contributed by atoms with Crippen LogP contribution in [0.15, 0.2) is 58.5 Å². The van der Waals surface area contributed by atoms with Gasteiger partial charge in [-0.1, -0.05) is 53.7 Å². The van der Waals surface area contributed by atoms with Crippen molar-refractivity contribution in [3.05, 3.63) is 59.5 Å². The second kappa shape index (κ2) is 6.43. The highest BCUT2D eigenvalue weighted by molar-refractivity contribution is 7.99. The maximum Gasteiger partial charge on any atom is 0.156 e. The molecule has 3 nitrogen and oxygen atoms in total. The van der Waals surface area contributed by atoms with Crippen molar-refractivity contribution in [3.8, 4) is 0 Å². The fourth-order valence-electron chi connectivity index (χ4n) is 2.04. The van der Waals surface area contributed by atoms with E-state index in [0.717, 1.165) is 9.92 Å². The molecule has 3 aromatic rings.